The maximum absolute atomic E-state index is 13.7. The molecule has 1 fully saturated rings. The van der Waals surface area contributed by atoms with Crippen LogP contribution in [0.4, 0.5) is 5.69 Å². The van der Waals surface area contributed by atoms with Gasteiger partial charge in [0.15, 0.2) is 0 Å². The van der Waals surface area contributed by atoms with Crippen molar-refractivity contribution < 1.29 is 22.7 Å². The zero-order valence-corrected chi connectivity index (χ0v) is 19.1. The van der Waals surface area contributed by atoms with Crippen LogP contribution in [0.5, 0.6) is 11.5 Å². The number of rotatable bonds is 8. The van der Waals surface area contributed by atoms with Crippen molar-refractivity contribution in [2.75, 3.05) is 26.1 Å². The monoisotopic (exact) mass is 446 g/mol. The first-order valence-corrected chi connectivity index (χ1v) is 11.9. The summed E-state index contributed by atoms with van der Waals surface area (Å²) < 4.78 is 39.4. The normalized spacial score (nSPS) is 15.0. The number of hydrogen-bond acceptors (Lipinski definition) is 5. The molecule has 0 bridgehead atoms. The van der Waals surface area contributed by atoms with Gasteiger partial charge in [0.25, 0.3) is 0 Å². The number of nitrogens with one attached hydrogen (secondary N) is 1. The van der Waals surface area contributed by atoms with Crippen molar-refractivity contribution in [1.82, 2.24) is 4.31 Å². The summed E-state index contributed by atoms with van der Waals surface area (Å²) in [5, 5.41) is 2.79. The first kappa shape index (κ1) is 23.1. The van der Waals surface area contributed by atoms with Crippen LogP contribution < -0.4 is 14.8 Å². The number of hydrogen-bond donors (Lipinski definition) is 1. The molecule has 0 aliphatic heterocycles. The molecule has 0 spiro atoms. The Balaban J connectivity index is 1.93. The van der Waals surface area contributed by atoms with Crippen LogP contribution in [0, 0.1) is 6.92 Å². The Morgan fingerprint density at radius 2 is 1.71 bits per heavy atom. The van der Waals surface area contributed by atoms with Gasteiger partial charge in [0.1, 0.15) is 16.4 Å². The molecular formula is C23H30N2O5S. The molecule has 0 heterocycles. The number of nitrogens with zero attached hydrogens (tertiary/aromatic N) is 1. The van der Waals surface area contributed by atoms with Gasteiger partial charge in [0.05, 0.1) is 26.5 Å². The van der Waals surface area contributed by atoms with E-state index in [1.807, 2.05) is 6.92 Å². The van der Waals surface area contributed by atoms with Crippen molar-refractivity contribution in [1.29, 1.82) is 0 Å². The molecule has 1 aliphatic carbocycles. The number of aryl methyl sites for hydroxylation is 1. The fourth-order valence-corrected chi connectivity index (χ4v) is 5.85. The number of carbonyl (C=O) groups excluding carboxylic acids is 1. The molecule has 0 unspecified atom stereocenters. The first-order chi connectivity index (χ1) is 14.9. The lowest BCUT2D eigenvalue weighted by Crippen LogP contribution is -2.45. The standard InChI is InChI=1S/C23H30N2O5S/c1-17-13-14-21(30-3)22(15-17)31(27,28)25(18-9-5-4-6-10-18)16-23(26)24-19-11-7-8-12-20(19)29-2/h7-8,11-15,18H,4-6,9-10,16H2,1-3H3,(H,24,26). The molecule has 2 aromatic carbocycles. The van der Waals surface area contributed by atoms with Gasteiger partial charge in [0.2, 0.25) is 15.9 Å². The summed E-state index contributed by atoms with van der Waals surface area (Å²) in [6.07, 6.45) is 4.42. The summed E-state index contributed by atoms with van der Waals surface area (Å²) >= 11 is 0. The minimum Gasteiger partial charge on any atom is -0.495 e. The number of para-hydroxylation sites is 2. The topological polar surface area (TPSA) is 84.9 Å². The van der Waals surface area contributed by atoms with E-state index in [-0.39, 0.29) is 23.2 Å². The molecule has 2 aromatic rings. The average molecular weight is 447 g/mol. The molecule has 0 saturated heterocycles. The SMILES string of the molecule is COc1ccccc1NC(=O)CN(C1CCCCC1)S(=O)(=O)c1cc(C)ccc1OC. The van der Waals surface area contributed by atoms with Crippen molar-refractivity contribution in [2.24, 2.45) is 0 Å². The average Bonchev–Trinajstić information content (AvgIpc) is 2.78. The Labute approximate surface area is 184 Å². The number of methoxy groups -OCH3 is 2. The number of sulfonamides is 1. The van der Waals surface area contributed by atoms with E-state index in [1.54, 1.807) is 42.5 Å². The maximum atomic E-state index is 13.7. The van der Waals surface area contributed by atoms with E-state index in [0.717, 1.165) is 37.7 Å². The van der Waals surface area contributed by atoms with Crippen LogP contribution in [-0.4, -0.2) is 45.4 Å². The van der Waals surface area contributed by atoms with Crippen molar-refractivity contribution >= 4 is 21.6 Å². The lowest BCUT2D eigenvalue weighted by Gasteiger charge is -2.33. The van der Waals surface area contributed by atoms with Crippen molar-refractivity contribution in [3.8, 4) is 11.5 Å². The maximum Gasteiger partial charge on any atom is 0.247 e. The first-order valence-electron chi connectivity index (χ1n) is 10.5. The minimum absolute atomic E-state index is 0.0886. The molecule has 31 heavy (non-hydrogen) atoms. The Hall–Kier alpha value is -2.58. The second-order valence-corrected chi connectivity index (χ2v) is 9.60. The third-order valence-electron chi connectivity index (χ3n) is 5.57. The molecule has 3 rings (SSSR count). The van der Waals surface area contributed by atoms with E-state index < -0.39 is 15.9 Å². The number of amides is 1. The Morgan fingerprint density at radius 1 is 1.03 bits per heavy atom. The van der Waals surface area contributed by atoms with Crippen LogP contribution in [-0.2, 0) is 14.8 Å². The number of ether oxygens (including phenoxy) is 2. The highest BCUT2D eigenvalue weighted by atomic mass is 32.2. The van der Waals surface area contributed by atoms with Gasteiger partial charge >= 0.3 is 0 Å². The molecule has 168 valence electrons. The predicted octanol–water partition coefficient (Wildman–Crippen LogP) is 3.97. The fraction of sp³-hybridized carbons (Fsp3) is 0.435. The van der Waals surface area contributed by atoms with Crippen LogP contribution in [0.25, 0.3) is 0 Å². The van der Waals surface area contributed by atoms with E-state index in [4.69, 9.17) is 9.47 Å². The zero-order valence-electron chi connectivity index (χ0n) is 18.3. The van der Waals surface area contributed by atoms with Gasteiger partial charge in [-0.25, -0.2) is 8.42 Å². The third-order valence-corrected chi connectivity index (χ3v) is 7.49. The molecule has 8 heteroatoms. The highest BCUT2D eigenvalue weighted by Gasteiger charge is 2.36. The largest absolute Gasteiger partial charge is 0.495 e. The number of anilines is 1. The van der Waals surface area contributed by atoms with Crippen LogP contribution in [0.3, 0.4) is 0 Å². The quantitative estimate of drug-likeness (QED) is 0.663. The molecule has 1 aliphatic rings. The molecule has 0 radical (unpaired) electrons. The highest BCUT2D eigenvalue weighted by molar-refractivity contribution is 7.89. The Morgan fingerprint density at radius 3 is 2.39 bits per heavy atom. The van der Waals surface area contributed by atoms with Gasteiger partial charge in [-0.15, -0.1) is 0 Å². The van der Waals surface area contributed by atoms with Gasteiger partial charge in [-0.3, -0.25) is 4.79 Å². The van der Waals surface area contributed by atoms with Crippen molar-refractivity contribution in [3.63, 3.8) is 0 Å². The zero-order chi connectivity index (χ0) is 22.4. The molecule has 0 aromatic heterocycles. The van der Waals surface area contributed by atoms with Gasteiger partial charge < -0.3 is 14.8 Å². The summed E-state index contributed by atoms with van der Waals surface area (Å²) in [5.74, 6) is 0.380. The summed E-state index contributed by atoms with van der Waals surface area (Å²) in [6, 6.07) is 11.9. The fourth-order valence-electron chi connectivity index (χ4n) is 3.97. The van der Waals surface area contributed by atoms with E-state index in [0.29, 0.717) is 11.4 Å². The van der Waals surface area contributed by atoms with E-state index in [2.05, 4.69) is 5.32 Å². The van der Waals surface area contributed by atoms with E-state index >= 15 is 0 Å². The highest BCUT2D eigenvalue weighted by Crippen LogP contribution is 2.33. The summed E-state index contributed by atoms with van der Waals surface area (Å²) in [6.45, 7) is 1.56. The van der Waals surface area contributed by atoms with E-state index in [1.165, 1.54) is 18.5 Å². The molecular weight excluding hydrogens is 416 g/mol. The van der Waals surface area contributed by atoms with Gasteiger partial charge in [-0.1, -0.05) is 37.5 Å². The number of benzene rings is 2. The van der Waals surface area contributed by atoms with Gasteiger partial charge in [0, 0.05) is 6.04 Å². The lowest BCUT2D eigenvalue weighted by atomic mass is 9.95. The smallest absolute Gasteiger partial charge is 0.247 e. The third kappa shape index (κ3) is 5.37. The van der Waals surface area contributed by atoms with Crippen LogP contribution in [0.2, 0.25) is 0 Å². The molecule has 1 N–H and O–H groups in total. The van der Waals surface area contributed by atoms with Crippen LogP contribution in [0.15, 0.2) is 47.4 Å². The van der Waals surface area contributed by atoms with Crippen molar-refractivity contribution in [3.05, 3.63) is 48.0 Å². The summed E-state index contributed by atoms with van der Waals surface area (Å²) in [7, 11) is -0.984. The number of carbonyl (C=O) groups is 1. The van der Waals surface area contributed by atoms with Gasteiger partial charge in [-0.05, 0) is 49.6 Å². The summed E-state index contributed by atoms with van der Waals surface area (Å²) in [5.41, 5.74) is 1.31. The molecule has 7 nitrogen and oxygen atoms in total. The molecule has 1 amide bonds. The Kier molecular flexibility index (Phi) is 7.56. The second-order valence-electron chi connectivity index (χ2n) is 7.74. The lowest BCUT2D eigenvalue weighted by molar-refractivity contribution is -0.116. The van der Waals surface area contributed by atoms with Crippen LogP contribution in [0.1, 0.15) is 37.7 Å². The van der Waals surface area contributed by atoms with Crippen LogP contribution >= 0.6 is 0 Å². The minimum atomic E-state index is -3.95. The predicted molar refractivity (Wildman–Crippen MR) is 120 cm³/mol. The molecule has 1 saturated carbocycles. The van der Waals surface area contributed by atoms with Gasteiger partial charge in [-0.2, -0.15) is 4.31 Å². The second kappa shape index (κ2) is 10.2. The van der Waals surface area contributed by atoms with E-state index in [9.17, 15) is 13.2 Å². The van der Waals surface area contributed by atoms with Crippen molar-refractivity contribution in [2.45, 2.75) is 50.0 Å². The molecule has 0 atom stereocenters. The summed E-state index contributed by atoms with van der Waals surface area (Å²) in [4.78, 5) is 13.0. The Bertz CT molecular complexity index is 1020.